The van der Waals surface area contributed by atoms with E-state index in [4.69, 9.17) is 5.73 Å². The summed E-state index contributed by atoms with van der Waals surface area (Å²) >= 11 is 0. The van der Waals surface area contributed by atoms with Crippen LogP contribution in [-0.2, 0) is 11.3 Å². The SMILES string of the molecule is CCC(C)[C@H](N)C(=O)Nc1cccc(Cn2cncn2)c1. The molecular formula is C15H21N5O. The highest BCUT2D eigenvalue weighted by Crippen LogP contribution is 2.13. The molecule has 0 aliphatic carbocycles. The number of carbonyl (C=O) groups excluding carboxylic acids is 1. The average Bonchev–Trinajstić information content (AvgIpc) is 2.98. The Hall–Kier alpha value is -2.21. The predicted molar refractivity (Wildman–Crippen MR) is 81.6 cm³/mol. The Morgan fingerprint density at radius 2 is 2.29 bits per heavy atom. The lowest BCUT2D eigenvalue weighted by atomic mass is 9.99. The molecule has 1 aromatic heterocycles. The van der Waals surface area contributed by atoms with E-state index in [-0.39, 0.29) is 11.8 Å². The lowest BCUT2D eigenvalue weighted by Gasteiger charge is -2.18. The molecule has 1 amide bonds. The fourth-order valence-corrected chi connectivity index (χ4v) is 1.99. The third-order valence-corrected chi connectivity index (χ3v) is 3.57. The van der Waals surface area contributed by atoms with Crippen LogP contribution < -0.4 is 11.1 Å². The molecular weight excluding hydrogens is 266 g/mol. The number of rotatable bonds is 6. The van der Waals surface area contributed by atoms with Crippen LogP contribution in [0.5, 0.6) is 0 Å². The van der Waals surface area contributed by atoms with E-state index in [1.54, 1.807) is 11.0 Å². The summed E-state index contributed by atoms with van der Waals surface area (Å²) < 4.78 is 1.73. The van der Waals surface area contributed by atoms with Crippen LogP contribution in [0.2, 0.25) is 0 Å². The van der Waals surface area contributed by atoms with Crippen molar-refractivity contribution >= 4 is 11.6 Å². The van der Waals surface area contributed by atoms with Gasteiger partial charge in [-0.25, -0.2) is 9.67 Å². The molecule has 21 heavy (non-hydrogen) atoms. The molecule has 2 aromatic rings. The van der Waals surface area contributed by atoms with E-state index in [0.717, 1.165) is 17.7 Å². The van der Waals surface area contributed by atoms with Crippen molar-refractivity contribution in [3.05, 3.63) is 42.5 Å². The summed E-state index contributed by atoms with van der Waals surface area (Å²) in [5, 5.41) is 6.93. The van der Waals surface area contributed by atoms with E-state index >= 15 is 0 Å². The molecule has 0 saturated carbocycles. The fourth-order valence-electron chi connectivity index (χ4n) is 1.99. The third kappa shape index (κ3) is 4.13. The summed E-state index contributed by atoms with van der Waals surface area (Å²) in [5.41, 5.74) is 7.72. The van der Waals surface area contributed by atoms with Gasteiger partial charge in [0.15, 0.2) is 0 Å². The number of benzene rings is 1. The summed E-state index contributed by atoms with van der Waals surface area (Å²) in [7, 11) is 0. The van der Waals surface area contributed by atoms with Crippen LogP contribution in [0.25, 0.3) is 0 Å². The Morgan fingerprint density at radius 3 is 2.95 bits per heavy atom. The molecule has 2 rings (SSSR count). The Balaban J connectivity index is 2.02. The molecule has 0 aliphatic rings. The van der Waals surface area contributed by atoms with E-state index in [2.05, 4.69) is 15.4 Å². The van der Waals surface area contributed by atoms with Gasteiger partial charge in [-0.3, -0.25) is 4.79 Å². The molecule has 0 fully saturated rings. The Bertz CT molecular complexity index is 582. The highest BCUT2D eigenvalue weighted by atomic mass is 16.2. The minimum absolute atomic E-state index is 0.151. The van der Waals surface area contributed by atoms with Gasteiger partial charge in [0.2, 0.25) is 5.91 Å². The molecule has 0 bridgehead atoms. The van der Waals surface area contributed by atoms with Gasteiger partial charge in [0, 0.05) is 5.69 Å². The lowest BCUT2D eigenvalue weighted by molar-refractivity contribution is -0.118. The number of amides is 1. The minimum Gasteiger partial charge on any atom is -0.325 e. The molecule has 2 atom stereocenters. The minimum atomic E-state index is -0.492. The van der Waals surface area contributed by atoms with E-state index in [9.17, 15) is 4.79 Å². The van der Waals surface area contributed by atoms with Crippen LogP contribution in [-0.4, -0.2) is 26.7 Å². The van der Waals surface area contributed by atoms with E-state index in [0.29, 0.717) is 6.54 Å². The standard InChI is InChI=1S/C15H21N5O/c1-3-11(2)14(16)15(21)19-13-6-4-5-12(7-13)8-20-10-17-9-18-20/h4-7,9-11,14H,3,8,16H2,1-2H3,(H,19,21)/t11?,14-/m0/s1. The second-order valence-electron chi connectivity index (χ2n) is 5.19. The first kappa shape index (κ1) is 15.2. The lowest BCUT2D eigenvalue weighted by Crippen LogP contribution is -2.40. The van der Waals surface area contributed by atoms with Crippen molar-refractivity contribution in [2.24, 2.45) is 11.7 Å². The normalized spacial score (nSPS) is 13.7. The van der Waals surface area contributed by atoms with Crippen molar-refractivity contribution in [3.63, 3.8) is 0 Å². The largest absolute Gasteiger partial charge is 0.325 e. The molecule has 0 radical (unpaired) electrons. The maximum absolute atomic E-state index is 12.1. The number of nitrogens with one attached hydrogen (secondary N) is 1. The zero-order chi connectivity index (χ0) is 15.2. The summed E-state index contributed by atoms with van der Waals surface area (Å²) in [6.07, 6.45) is 4.03. The Morgan fingerprint density at radius 1 is 1.48 bits per heavy atom. The molecule has 0 aliphatic heterocycles. The van der Waals surface area contributed by atoms with Crippen molar-refractivity contribution in [2.75, 3.05) is 5.32 Å². The molecule has 1 heterocycles. The molecule has 0 spiro atoms. The number of hydrogen-bond acceptors (Lipinski definition) is 4. The highest BCUT2D eigenvalue weighted by Gasteiger charge is 2.19. The quantitative estimate of drug-likeness (QED) is 0.845. The number of anilines is 1. The molecule has 112 valence electrons. The van der Waals surface area contributed by atoms with Gasteiger partial charge in [-0.05, 0) is 23.6 Å². The van der Waals surface area contributed by atoms with Gasteiger partial charge in [-0.1, -0.05) is 32.4 Å². The zero-order valence-electron chi connectivity index (χ0n) is 12.4. The number of carbonyl (C=O) groups is 1. The van der Waals surface area contributed by atoms with Gasteiger partial charge in [0.25, 0.3) is 0 Å². The van der Waals surface area contributed by atoms with Gasteiger partial charge < -0.3 is 11.1 Å². The summed E-state index contributed by atoms with van der Waals surface area (Å²) in [4.78, 5) is 16.0. The summed E-state index contributed by atoms with van der Waals surface area (Å²) in [6, 6.07) is 7.16. The number of aromatic nitrogens is 3. The van der Waals surface area contributed by atoms with Crippen molar-refractivity contribution in [2.45, 2.75) is 32.9 Å². The van der Waals surface area contributed by atoms with Crippen molar-refractivity contribution in [3.8, 4) is 0 Å². The van der Waals surface area contributed by atoms with Crippen LogP contribution in [0.15, 0.2) is 36.9 Å². The average molecular weight is 287 g/mol. The molecule has 6 heteroatoms. The number of nitrogens with zero attached hydrogens (tertiary/aromatic N) is 3. The van der Waals surface area contributed by atoms with E-state index < -0.39 is 6.04 Å². The summed E-state index contributed by atoms with van der Waals surface area (Å²) in [5.74, 6) is 0.00517. The third-order valence-electron chi connectivity index (χ3n) is 3.57. The van der Waals surface area contributed by atoms with Crippen LogP contribution in [0.1, 0.15) is 25.8 Å². The van der Waals surface area contributed by atoms with Gasteiger partial charge in [0.1, 0.15) is 12.7 Å². The van der Waals surface area contributed by atoms with Gasteiger partial charge >= 0.3 is 0 Å². The maximum atomic E-state index is 12.1. The van der Waals surface area contributed by atoms with Gasteiger partial charge in [-0.15, -0.1) is 0 Å². The van der Waals surface area contributed by atoms with E-state index in [1.807, 2.05) is 38.1 Å². The first-order chi connectivity index (χ1) is 10.1. The maximum Gasteiger partial charge on any atom is 0.241 e. The van der Waals surface area contributed by atoms with Crippen molar-refractivity contribution in [1.82, 2.24) is 14.8 Å². The molecule has 1 aromatic carbocycles. The van der Waals surface area contributed by atoms with Gasteiger partial charge in [0.05, 0.1) is 12.6 Å². The second kappa shape index (κ2) is 6.99. The number of nitrogens with two attached hydrogens (primary N) is 1. The first-order valence-corrected chi connectivity index (χ1v) is 7.08. The van der Waals surface area contributed by atoms with Crippen LogP contribution in [0.3, 0.4) is 0 Å². The second-order valence-corrected chi connectivity index (χ2v) is 5.19. The monoisotopic (exact) mass is 287 g/mol. The summed E-state index contributed by atoms with van der Waals surface area (Å²) in [6.45, 7) is 4.61. The Labute approximate surface area is 124 Å². The molecule has 3 N–H and O–H groups in total. The van der Waals surface area contributed by atoms with E-state index in [1.165, 1.54) is 6.33 Å². The number of hydrogen-bond donors (Lipinski definition) is 2. The molecule has 0 saturated heterocycles. The Kier molecular flexibility index (Phi) is 5.05. The smallest absolute Gasteiger partial charge is 0.241 e. The zero-order valence-corrected chi connectivity index (χ0v) is 12.4. The molecule has 6 nitrogen and oxygen atoms in total. The highest BCUT2D eigenvalue weighted by molar-refractivity contribution is 5.94. The molecule has 1 unspecified atom stereocenters. The first-order valence-electron chi connectivity index (χ1n) is 7.08. The van der Waals surface area contributed by atoms with Crippen LogP contribution >= 0.6 is 0 Å². The predicted octanol–water partition coefficient (Wildman–Crippen LogP) is 1.64. The topological polar surface area (TPSA) is 85.8 Å². The van der Waals surface area contributed by atoms with Crippen LogP contribution in [0, 0.1) is 5.92 Å². The van der Waals surface area contributed by atoms with Crippen LogP contribution in [0.4, 0.5) is 5.69 Å². The fraction of sp³-hybridized carbons (Fsp3) is 0.400. The van der Waals surface area contributed by atoms with Crippen molar-refractivity contribution < 1.29 is 4.79 Å². The van der Waals surface area contributed by atoms with Crippen molar-refractivity contribution in [1.29, 1.82) is 0 Å². The van der Waals surface area contributed by atoms with Gasteiger partial charge in [-0.2, -0.15) is 5.10 Å².